The number of aromatic hydroxyl groups is 2. The van der Waals surface area contributed by atoms with Crippen LogP contribution in [0.4, 0.5) is 0 Å². The molecule has 0 spiro atoms. The summed E-state index contributed by atoms with van der Waals surface area (Å²) in [6.45, 7) is 0.847. The zero-order valence-electron chi connectivity index (χ0n) is 17.8. The minimum atomic E-state index is -0.347. The van der Waals surface area contributed by atoms with E-state index in [1.807, 2.05) is 6.08 Å². The number of phenolic OH excluding ortho intramolecular Hbond substituents is 2. The summed E-state index contributed by atoms with van der Waals surface area (Å²) < 4.78 is 10.00. The Hall–Kier alpha value is -4.04. The van der Waals surface area contributed by atoms with Gasteiger partial charge in [0, 0.05) is 0 Å². The third kappa shape index (κ3) is 8.00. The van der Waals surface area contributed by atoms with E-state index in [0.717, 1.165) is 6.54 Å². The number of ether oxygens (including phenoxy) is 2. The highest BCUT2D eigenvalue weighted by molar-refractivity contribution is 6.10. The summed E-state index contributed by atoms with van der Waals surface area (Å²) in [6.07, 6.45) is 8.97. The lowest BCUT2D eigenvalue weighted by molar-refractivity contribution is -0.121. The molecule has 0 saturated heterocycles. The van der Waals surface area contributed by atoms with Crippen molar-refractivity contribution in [2.45, 2.75) is 6.42 Å². The number of hydroxylamine groups is 1. The van der Waals surface area contributed by atoms with Crippen LogP contribution in [0, 0.1) is 0 Å². The van der Waals surface area contributed by atoms with Crippen molar-refractivity contribution in [2.75, 3.05) is 20.8 Å². The molecule has 1 aliphatic heterocycles. The molecular weight excluding hydrogens is 414 g/mol. The summed E-state index contributed by atoms with van der Waals surface area (Å²) in [4.78, 5) is 28.4. The Labute approximate surface area is 186 Å². The van der Waals surface area contributed by atoms with Gasteiger partial charge in [-0.15, -0.1) is 0 Å². The second kappa shape index (κ2) is 12.6. The van der Waals surface area contributed by atoms with Gasteiger partial charge in [-0.25, -0.2) is 0 Å². The highest BCUT2D eigenvalue weighted by Gasteiger charge is 2.06. The highest BCUT2D eigenvalue weighted by Crippen LogP contribution is 2.27. The first kappa shape index (κ1) is 24.2. The molecule has 168 valence electrons. The van der Waals surface area contributed by atoms with Crippen molar-refractivity contribution in [3.8, 4) is 23.0 Å². The molecule has 8 heteroatoms. The zero-order valence-corrected chi connectivity index (χ0v) is 17.8. The molecule has 0 aromatic heterocycles. The van der Waals surface area contributed by atoms with Gasteiger partial charge in [-0.1, -0.05) is 24.3 Å². The van der Waals surface area contributed by atoms with Crippen molar-refractivity contribution >= 4 is 23.7 Å². The van der Waals surface area contributed by atoms with Gasteiger partial charge in [0.2, 0.25) is 0 Å². The molecule has 0 aliphatic carbocycles. The van der Waals surface area contributed by atoms with Crippen molar-refractivity contribution in [1.82, 2.24) is 5.48 Å². The number of rotatable bonds is 8. The third-order valence-electron chi connectivity index (χ3n) is 4.13. The van der Waals surface area contributed by atoms with E-state index < -0.39 is 0 Å². The maximum absolute atomic E-state index is 11.9. The standard InChI is InChI=1S/C21H20O6.C3H5NO/c1-26-20-11-14(5-9-18(20)24)3-7-16(22)13-17(23)8-4-15-6-10-19(25)21(12-15)27-2;1-2-4-5-3-1/h3-12,24-25H,13H2,1-2H3;1,3-4H,2H2. The quantitative estimate of drug-likeness (QED) is 0.424. The summed E-state index contributed by atoms with van der Waals surface area (Å²) in [5, 5.41) is 19.1. The number of carbonyl (C=O) groups excluding carboxylic acids is 2. The predicted octanol–water partition coefficient (Wildman–Crippen LogP) is 3.40. The molecule has 3 N–H and O–H groups in total. The van der Waals surface area contributed by atoms with Gasteiger partial charge >= 0.3 is 0 Å². The Morgan fingerprint density at radius 1 is 0.938 bits per heavy atom. The molecular formula is C24H25NO7. The van der Waals surface area contributed by atoms with Crippen LogP contribution in [0.15, 0.2) is 60.9 Å². The van der Waals surface area contributed by atoms with Crippen molar-refractivity contribution < 1.29 is 34.1 Å². The first-order valence-corrected chi connectivity index (χ1v) is 9.62. The Bertz CT molecular complexity index is 946. The molecule has 2 aromatic carbocycles. The van der Waals surface area contributed by atoms with Crippen LogP contribution in [-0.2, 0) is 14.4 Å². The van der Waals surface area contributed by atoms with Crippen LogP contribution in [-0.4, -0.2) is 42.5 Å². The van der Waals surface area contributed by atoms with Crippen LogP contribution in [0.2, 0.25) is 0 Å². The average molecular weight is 439 g/mol. The third-order valence-corrected chi connectivity index (χ3v) is 4.13. The Morgan fingerprint density at radius 3 is 1.78 bits per heavy atom. The molecule has 0 fully saturated rings. The van der Waals surface area contributed by atoms with Crippen LogP contribution < -0.4 is 15.0 Å². The number of hydrogen-bond donors (Lipinski definition) is 3. The lowest BCUT2D eigenvalue weighted by Crippen LogP contribution is -2.02. The minimum Gasteiger partial charge on any atom is -0.504 e. The number of carbonyl (C=O) groups is 2. The van der Waals surface area contributed by atoms with Crippen LogP contribution in [0.1, 0.15) is 17.5 Å². The van der Waals surface area contributed by atoms with Gasteiger partial charge < -0.3 is 24.5 Å². The first-order chi connectivity index (χ1) is 15.4. The Kier molecular flexibility index (Phi) is 9.55. The number of nitrogens with one attached hydrogen (secondary N) is 1. The summed E-state index contributed by atoms with van der Waals surface area (Å²) in [5.74, 6) is -0.0832. The number of methoxy groups -OCH3 is 2. The van der Waals surface area contributed by atoms with Crippen LogP contribution >= 0.6 is 0 Å². The van der Waals surface area contributed by atoms with Gasteiger partial charge in [0.1, 0.15) is 6.26 Å². The Balaban J connectivity index is 0.000000636. The smallest absolute Gasteiger partial charge is 0.163 e. The molecule has 0 radical (unpaired) electrons. The van der Waals surface area contributed by atoms with E-state index in [0.29, 0.717) is 22.6 Å². The fourth-order valence-electron chi connectivity index (χ4n) is 2.50. The molecule has 2 aromatic rings. The Morgan fingerprint density at radius 2 is 1.44 bits per heavy atom. The second-order valence-electron chi connectivity index (χ2n) is 6.48. The molecule has 1 heterocycles. The largest absolute Gasteiger partial charge is 0.504 e. The van der Waals surface area contributed by atoms with Gasteiger partial charge in [0.05, 0.1) is 27.2 Å². The molecule has 8 nitrogen and oxygen atoms in total. The van der Waals surface area contributed by atoms with Crippen molar-refractivity contribution in [3.05, 3.63) is 72.0 Å². The lowest BCUT2D eigenvalue weighted by Gasteiger charge is -2.03. The second-order valence-corrected chi connectivity index (χ2v) is 6.48. The van der Waals surface area contributed by atoms with Crippen LogP contribution in [0.5, 0.6) is 23.0 Å². The molecule has 0 unspecified atom stereocenters. The fraction of sp³-hybridized carbons (Fsp3) is 0.167. The van der Waals surface area contributed by atoms with E-state index in [1.165, 1.54) is 38.5 Å². The van der Waals surface area contributed by atoms with Gasteiger partial charge in [-0.05, 0) is 53.6 Å². The van der Waals surface area contributed by atoms with E-state index in [4.69, 9.17) is 9.47 Å². The summed E-state index contributed by atoms with van der Waals surface area (Å²) in [5.41, 5.74) is 3.94. The van der Waals surface area contributed by atoms with E-state index in [1.54, 1.807) is 42.7 Å². The first-order valence-electron chi connectivity index (χ1n) is 9.62. The fourth-order valence-corrected chi connectivity index (χ4v) is 2.50. The number of phenols is 2. The number of ketones is 2. The molecule has 0 saturated carbocycles. The molecule has 0 bridgehead atoms. The predicted molar refractivity (Wildman–Crippen MR) is 120 cm³/mol. The van der Waals surface area contributed by atoms with Gasteiger partial charge in [0.25, 0.3) is 0 Å². The van der Waals surface area contributed by atoms with E-state index in [2.05, 4.69) is 10.3 Å². The van der Waals surface area contributed by atoms with E-state index >= 15 is 0 Å². The van der Waals surface area contributed by atoms with Gasteiger partial charge in [-0.3, -0.25) is 9.59 Å². The number of allylic oxidation sites excluding steroid dienone is 2. The minimum absolute atomic E-state index is 0.00662. The SMILES string of the molecule is C1=CONC1.COc1cc(C=CC(=O)CC(=O)C=Cc2ccc(O)c(OC)c2)ccc1O. The molecule has 32 heavy (non-hydrogen) atoms. The van der Waals surface area contributed by atoms with Crippen molar-refractivity contribution in [3.63, 3.8) is 0 Å². The van der Waals surface area contributed by atoms with Gasteiger partial charge in [-0.2, -0.15) is 5.48 Å². The van der Waals surface area contributed by atoms with Gasteiger partial charge in [0.15, 0.2) is 34.6 Å². The topological polar surface area (TPSA) is 114 Å². The maximum Gasteiger partial charge on any atom is 0.163 e. The number of benzene rings is 2. The monoisotopic (exact) mass is 439 g/mol. The maximum atomic E-state index is 11.9. The average Bonchev–Trinajstić information content (AvgIpc) is 3.38. The summed E-state index contributed by atoms with van der Waals surface area (Å²) >= 11 is 0. The highest BCUT2D eigenvalue weighted by atomic mass is 16.6. The summed E-state index contributed by atoms with van der Waals surface area (Å²) in [6, 6.07) is 9.34. The normalized spacial score (nSPS) is 12.3. The van der Waals surface area contributed by atoms with Crippen LogP contribution in [0.3, 0.4) is 0 Å². The van der Waals surface area contributed by atoms with E-state index in [-0.39, 0.29) is 29.5 Å². The molecule has 0 atom stereocenters. The van der Waals surface area contributed by atoms with Crippen molar-refractivity contribution in [2.24, 2.45) is 0 Å². The molecule has 1 aliphatic rings. The van der Waals surface area contributed by atoms with E-state index in [9.17, 15) is 19.8 Å². The number of hydrogen-bond acceptors (Lipinski definition) is 8. The summed E-state index contributed by atoms with van der Waals surface area (Å²) in [7, 11) is 2.87. The zero-order chi connectivity index (χ0) is 23.3. The van der Waals surface area contributed by atoms with Crippen molar-refractivity contribution in [1.29, 1.82) is 0 Å². The van der Waals surface area contributed by atoms with Crippen LogP contribution in [0.25, 0.3) is 12.2 Å². The lowest BCUT2D eigenvalue weighted by atomic mass is 10.1. The molecule has 3 rings (SSSR count). The molecule has 0 amide bonds.